The monoisotopic (exact) mass is 308 g/mol. The van der Waals surface area contributed by atoms with Crippen molar-refractivity contribution in [1.82, 2.24) is 4.98 Å². The molecule has 1 saturated heterocycles. The van der Waals surface area contributed by atoms with Crippen LogP contribution in [0.5, 0.6) is 0 Å². The van der Waals surface area contributed by atoms with Crippen LogP contribution in [0.1, 0.15) is 5.56 Å². The summed E-state index contributed by atoms with van der Waals surface area (Å²) >= 11 is 0. The maximum Gasteiger partial charge on any atom is 0.259 e. The van der Waals surface area contributed by atoms with Crippen molar-refractivity contribution in [2.45, 2.75) is 0 Å². The smallest absolute Gasteiger partial charge is 0.259 e. The van der Waals surface area contributed by atoms with Crippen LogP contribution in [0.15, 0.2) is 35.9 Å². The van der Waals surface area contributed by atoms with Crippen LogP contribution in [0.4, 0.5) is 5.82 Å². The molecule has 0 saturated carbocycles. The minimum atomic E-state index is -0.742. The van der Waals surface area contributed by atoms with Crippen molar-refractivity contribution in [3.05, 3.63) is 41.5 Å². The van der Waals surface area contributed by atoms with Crippen LogP contribution in [0.3, 0.4) is 0 Å². The number of fused-ring (bicyclic) bond motifs is 1. The molecule has 6 heteroatoms. The number of nitrogens with two attached hydrogens (primary N) is 1. The van der Waals surface area contributed by atoms with Crippen LogP contribution in [0.2, 0.25) is 0 Å². The molecular formula is C17H16N4O2. The number of para-hydroxylation sites is 1. The average molecular weight is 308 g/mol. The van der Waals surface area contributed by atoms with E-state index in [1.807, 2.05) is 36.4 Å². The molecule has 1 fully saturated rings. The molecule has 2 heterocycles. The van der Waals surface area contributed by atoms with Gasteiger partial charge in [-0.15, -0.1) is 0 Å². The van der Waals surface area contributed by atoms with Gasteiger partial charge in [-0.05, 0) is 18.2 Å². The topological polar surface area (TPSA) is 92.2 Å². The number of benzene rings is 1. The number of anilines is 1. The van der Waals surface area contributed by atoms with Crippen molar-refractivity contribution >= 4 is 28.7 Å². The predicted octanol–water partition coefficient (Wildman–Crippen LogP) is 1.46. The lowest BCUT2D eigenvalue weighted by molar-refractivity contribution is -0.114. The second-order valence-corrected chi connectivity index (χ2v) is 5.23. The first-order valence-corrected chi connectivity index (χ1v) is 7.33. The van der Waals surface area contributed by atoms with Crippen molar-refractivity contribution in [3.8, 4) is 6.07 Å². The maximum atomic E-state index is 11.4. The van der Waals surface area contributed by atoms with Crippen molar-refractivity contribution in [3.63, 3.8) is 0 Å². The molecule has 6 nitrogen and oxygen atoms in total. The molecule has 0 bridgehead atoms. The minimum Gasteiger partial charge on any atom is -0.378 e. The fraction of sp³-hybridized carbons (Fsp3) is 0.235. The number of nitriles is 1. The summed E-state index contributed by atoms with van der Waals surface area (Å²) in [5, 5.41) is 10.0. The number of pyridine rings is 1. The molecule has 2 N–H and O–H groups in total. The molecule has 1 aromatic heterocycles. The minimum absolute atomic E-state index is 0.0865. The Morgan fingerprint density at radius 2 is 2.09 bits per heavy atom. The van der Waals surface area contributed by atoms with Crippen molar-refractivity contribution in [2.24, 2.45) is 5.73 Å². The van der Waals surface area contributed by atoms with Crippen molar-refractivity contribution in [1.29, 1.82) is 5.26 Å². The van der Waals surface area contributed by atoms with Gasteiger partial charge in [-0.2, -0.15) is 5.26 Å². The van der Waals surface area contributed by atoms with E-state index in [1.54, 1.807) is 0 Å². The first-order valence-electron chi connectivity index (χ1n) is 7.33. The Labute approximate surface area is 133 Å². The molecule has 23 heavy (non-hydrogen) atoms. The average Bonchev–Trinajstić information content (AvgIpc) is 2.59. The quantitative estimate of drug-likeness (QED) is 0.684. The molecule has 0 radical (unpaired) electrons. The molecule has 2 aromatic rings. The summed E-state index contributed by atoms with van der Waals surface area (Å²) < 4.78 is 5.38. The lowest BCUT2D eigenvalue weighted by Gasteiger charge is -2.29. The predicted molar refractivity (Wildman–Crippen MR) is 87.6 cm³/mol. The fourth-order valence-electron chi connectivity index (χ4n) is 2.57. The Hall–Kier alpha value is -2.91. The lowest BCUT2D eigenvalue weighted by Crippen LogP contribution is -2.37. The van der Waals surface area contributed by atoms with Gasteiger partial charge in [0.25, 0.3) is 5.91 Å². The van der Waals surface area contributed by atoms with Gasteiger partial charge in [-0.25, -0.2) is 4.98 Å². The Morgan fingerprint density at radius 3 is 2.78 bits per heavy atom. The molecule has 3 rings (SSSR count). The van der Waals surface area contributed by atoms with Gasteiger partial charge in [-0.3, -0.25) is 4.79 Å². The molecule has 116 valence electrons. The van der Waals surface area contributed by atoms with E-state index in [-0.39, 0.29) is 5.57 Å². The van der Waals surface area contributed by atoms with Crippen LogP contribution in [-0.4, -0.2) is 37.2 Å². The molecule has 0 spiro atoms. The largest absolute Gasteiger partial charge is 0.378 e. The SMILES string of the molecule is N#CC(=Cc1cc2ccccc2nc1N1CCOCC1)C(N)=O. The summed E-state index contributed by atoms with van der Waals surface area (Å²) in [7, 11) is 0. The van der Waals surface area contributed by atoms with Crippen LogP contribution in [0, 0.1) is 11.3 Å². The highest BCUT2D eigenvalue weighted by Crippen LogP contribution is 2.26. The van der Waals surface area contributed by atoms with Crippen LogP contribution >= 0.6 is 0 Å². The number of hydrogen-bond acceptors (Lipinski definition) is 5. The highest BCUT2D eigenvalue weighted by molar-refractivity contribution is 6.01. The van der Waals surface area contributed by atoms with E-state index >= 15 is 0 Å². The summed E-state index contributed by atoms with van der Waals surface area (Å²) in [6, 6.07) is 11.5. The molecule has 1 aliphatic rings. The molecule has 1 aromatic carbocycles. The van der Waals surface area contributed by atoms with Gasteiger partial charge >= 0.3 is 0 Å². The number of carbonyl (C=O) groups is 1. The zero-order chi connectivity index (χ0) is 16.2. The van der Waals surface area contributed by atoms with Gasteiger partial charge in [0, 0.05) is 24.0 Å². The number of primary amides is 1. The normalized spacial score (nSPS) is 15.4. The van der Waals surface area contributed by atoms with Gasteiger partial charge in [0.15, 0.2) is 0 Å². The third kappa shape index (κ3) is 3.15. The third-order valence-electron chi connectivity index (χ3n) is 3.73. The van der Waals surface area contributed by atoms with E-state index in [1.165, 1.54) is 6.08 Å². The number of rotatable bonds is 3. The maximum absolute atomic E-state index is 11.4. The van der Waals surface area contributed by atoms with E-state index in [4.69, 9.17) is 20.7 Å². The van der Waals surface area contributed by atoms with E-state index in [0.717, 1.165) is 16.7 Å². The number of ether oxygens (including phenoxy) is 1. The molecule has 0 aliphatic carbocycles. The van der Waals surface area contributed by atoms with Gasteiger partial charge in [-0.1, -0.05) is 18.2 Å². The first kappa shape index (κ1) is 15.0. The van der Waals surface area contributed by atoms with E-state index in [9.17, 15) is 4.79 Å². The second-order valence-electron chi connectivity index (χ2n) is 5.23. The highest BCUT2D eigenvalue weighted by Gasteiger charge is 2.17. The third-order valence-corrected chi connectivity index (χ3v) is 3.73. The van der Waals surface area contributed by atoms with Crippen LogP contribution in [0.25, 0.3) is 17.0 Å². The fourth-order valence-corrected chi connectivity index (χ4v) is 2.57. The van der Waals surface area contributed by atoms with E-state index in [2.05, 4.69) is 4.90 Å². The number of carbonyl (C=O) groups excluding carboxylic acids is 1. The van der Waals surface area contributed by atoms with Crippen molar-refractivity contribution < 1.29 is 9.53 Å². The number of amides is 1. The summed E-state index contributed by atoms with van der Waals surface area (Å²) in [6.07, 6.45) is 1.51. The van der Waals surface area contributed by atoms with Gasteiger partial charge in [0.1, 0.15) is 17.5 Å². The lowest BCUT2D eigenvalue weighted by atomic mass is 10.1. The van der Waals surface area contributed by atoms with E-state index < -0.39 is 5.91 Å². The highest BCUT2D eigenvalue weighted by atomic mass is 16.5. The molecular weight excluding hydrogens is 292 g/mol. The number of hydrogen-bond donors (Lipinski definition) is 1. The van der Waals surface area contributed by atoms with E-state index in [0.29, 0.717) is 31.9 Å². The van der Waals surface area contributed by atoms with Crippen LogP contribution < -0.4 is 10.6 Å². The van der Waals surface area contributed by atoms with Gasteiger partial charge < -0.3 is 15.4 Å². The first-order chi connectivity index (χ1) is 11.2. The zero-order valence-electron chi connectivity index (χ0n) is 12.5. The number of morpholine rings is 1. The Balaban J connectivity index is 2.16. The van der Waals surface area contributed by atoms with Gasteiger partial charge in [0.05, 0.1) is 18.7 Å². The van der Waals surface area contributed by atoms with Gasteiger partial charge in [0.2, 0.25) is 0 Å². The Bertz CT molecular complexity index is 817. The number of aromatic nitrogens is 1. The number of nitrogens with zero attached hydrogens (tertiary/aromatic N) is 3. The Kier molecular flexibility index (Phi) is 4.22. The summed E-state index contributed by atoms with van der Waals surface area (Å²) in [5.74, 6) is -0.00501. The summed E-state index contributed by atoms with van der Waals surface area (Å²) in [5.41, 5.74) is 6.74. The zero-order valence-corrected chi connectivity index (χ0v) is 12.5. The van der Waals surface area contributed by atoms with Crippen LogP contribution in [-0.2, 0) is 9.53 Å². The molecule has 1 aliphatic heterocycles. The molecule has 0 atom stereocenters. The molecule has 0 unspecified atom stereocenters. The molecule has 1 amide bonds. The Morgan fingerprint density at radius 1 is 1.35 bits per heavy atom. The van der Waals surface area contributed by atoms with Crippen molar-refractivity contribution in [2.75, 3.05) is 31.2 Å². The summed E-state index contributed by atoms with van der Waals surface area (Å²) in [4.78, 5) is 18.2. The standard InChI is InChI=1S/C17H16N4O2/c18-11-14(16(19)22)10-13-9-12-3-1-2-4-15(12)20-17(13)21-5-7-23-8-6-21/h1-4,9-10H,5-8H2,(H2,19,22). The summed E-state index contributed by atoms with van der Waals surface area (Å²) in [6.45, 7) is 2.67. The second kappa shape index (κ2) is 6.46.